The summed E-state index contributed by atoms with van der Waals surface area (Å²) in [6.45, 7) is 0.911. The van der Waals surface area contributed by atoms with Crippen molar-refractivity contribution in [3.63, 3.8) is 0 Å². The van der Waals surface area contributed by atoms with E-state index >= 15 is 0 Å². The molecule has 0 saturated carbocycles. The summed E-state index contributed by atoms with van der Waals surface area (Å²) in [7, 11) is 3.25. The first-order chi connectivity index (χ1) is 11.3. The number of rotatable bonds is 9. The molecule has 124 valence electrons. The molecule has 0 radical (unpaired) electrons. The van der Waals surface area contributed by atoms with Gasteiger partial charge in [0.15, 0.2) is 0 Å². The van der Waals surface area contributed by atoms with E-state index in [0.29, 0.717) is 13.2 Å². The van der Waals surface area contributed by atoms with Gasteiger partial charge in [0.25, 0.3) is 0 Å². The SMILES string of the molecule is COC(COCc1ccccc1)C(N)C(OC)c1ccccn1. The highest BCUT2D eigenvalue weighted by Crippen LogP contribution is 2.20. The Labute approximate surface area is 137 Å². The van der Waals surface area contributed by atoms with E-state index in [2.05, 4.69) is 4.98 Å². The Morgan fingerprint density at radius 1 is 1.00 bits per heavy atom. The molecule has 0 amide bonds. The van der Waals surface area contributed by atoms with Gasteiger partial charge in [0, 0.05) is 20.4 Å². The molecule has 0 aliphatic carbocycles. The molecule has 2 aromatic rings. The second-order valence-corrected chi connectivity index (χ2v) is 5.26. The molecule has 0 aliphatic rings. The van der Waals surface area contributed by atoms with Crippen molar-refractivity contribution in [2.45, 2.75) is 24.9 Å². The Morgan fingerprint density at radius 2 is 1.74 bits per heavy atom. The number of ether oxygens (including phenoxy) is 3. The maximum Gasteiger partial charge on any atom is 0.117 e. The van der Waals surface area contributed by atoms with Crippen LogP contribution < -0.4 is 5.73 Å². The van der Waals surface area contributed by atoms with Crippen LogP contribution in [0.25, 0.3) is 0 Å². The molecule has 0 spiro atoms. The van der Waals surface area contributed by atoms with Crippen LogP contribution in [0.4, 0.5) is 0 Å². The van der Waals surface area contributed by atoms with Gasteiger partial charge < -0.3 is 19.9 Å². The lowest BCUT2D eigenvalue weighted by Gasteiger charge is -2.28. The standard InChI is InChI=1S/C18H24N2O3/c1-21-16(13-23-12-14-8-4-3-5-9-14)17(19)18(22-2)15-10-6-7-11-20-15/h3-11,16-18H,12-13,19H2,1-2H3. The summed E-state index contributed by atoms with van der Waals surface area (Å²) in [6.07, 6.45) is 1.09. The van der Waals surface area contributed by atoms with Crippen molar-refractivity contribution >= 4 is 0 Å². The smallest absolute Gasteiger partial charge is 0.117 e. The van der Waals surface area contributed by atoms with Crippen molar-refractivity contribution in [3.8, 4) is 0 Å². The number of methoxy groups -OCH3 is 2. The molecule has 0 saturated heterocycles. The fourth-order valence-corrected chi connectivity index (χ4v) is 2.42. The fourth-order valence-electron chi connectivity index (χ4n) is 2.42. The van der Waals surface area contributed by atoms with Crippen molar-refractivity contribution in [1.29, 1.82) is 0 Å². The Balaban J connectivity index is 1.93. The highest BCUT2D eigenvalue weighted by atomic mass is 16.5. The summed E-state index contributed by atoms with van der Waals surface area (Å²) in [5.41, 5.74) is 8.22. The van der Waals surface area contributed by atoms with Crippen LogP contribution in [0.3, 0.4) is 0 Å². The van der Waals surface area contributed by atoms with Crippen molar-refractivity contribution in [3.05, 3.63) is 66.0 Å². The summed E-state index contributed by atoms with van der Waals surface area (Å²) in [6, 6.07) is 15.3. The normalized spacial score (nSPS) is 15.1. The highest BCUT2D eigenvalue weighted by molar-refractivity contribution is 5.13. The minimum atomic E-state index is -0.379. The van der Waals surface area contributed by atoms with Crippen molar-refractivity contribution in [2.24, 2.45) is 5.73 Å². The van der Waals surface area contributed by atoms with Gasteiger partial charge in [-0.3, -0.25) is 4.98 Å². The number of benzene rings is 1. The third-order valence-electron chi connectivity index (χ3n) is 3.71. The number of pyridine rings is 1. The zero-order valence-electron chi connectivity index (χ0n) is 13.6. The van der Waals surface area contributed by atoms with E-state index in [-0.39, 0.29) is 18.2 Å². The largest absolute Gasteiger partial charge is 0.377 e. The second kappa shape index (κ2) is 9.37. The summed E-state index contributed by atoms with van der Waals surface area (Å²) < 4.78 is 16.8. The van der Waals surface area contributed by atoms with Gasteiger partial charge in [-0.05, 0) is 17.7 Å². The third-order valence-corrected chi connectivity index (χ3v) is 3.71. The van der Waals surface area contributed by atoms with Gasteiger partial charge >= 0.3 is 0 Å². The second-order valence-electron chi connectivity index (χ2n) is 5.26. The van der Waals surface area contributed by atoms with Gasteiger partial charge in [-0.2, -0.15) is 0 Å². The van der Waals surface area contributed by atoms with E-state index < -0.39 is 0 Å². The quantitative estimate of drug-likeness (QED) is 0.769. The molecule has 3 atom stereocenters. The van der Waals surface area contributed by atoms with Crippen LogP contribution in [0, 0.1) is 0 Å². The first kappa shape index (κ1) is 17.6. The molecule has 23 heavy (non-hydrogen) atoms. The number of nitrogens with two attached hydrogens (primary N) is 1. The van der Waals surface area contributed by atoms with Crippen LogP contribution in [0.5, 0.6) is 0 Å². The summed E-state index contributed by atoms with van der Waals surface area (Å²) >= 11 is 0. The number of aromatic nitrogens is 1. The summed E-state index contributed by atoms with van der Waals surface area (Å²) in [4.78, 5) is 4.31. The Bertz CT molecular complexity index is 551. The van der Waals surface area contributed by atoms with E-state index in [4.69, 9.17) is 19.9 Å². The third kappa shape index (κ3) is 5.11. The topological polar surface area (TPSA) is 66.6 Å². The molecule has 2 N–H and O–H groups in total. The molecule has 0 fully saturated rings. The predicted octanol–water partition coefficient (Wildman–Crippen LogP) is 2.33. The van der Waals surface area contributed by atoms with Crippen LogP contribution in [-0.2, 0) is 20.8 Å². The van der Waals surface area contributed by atoms with Crippen LogP contribution >= 0.6 is 0 Å². The lowest BCUT2D eigenvalue weighted by molar-refractivity contribution is -0.0466. The molecular weight excluding hydrogens is 292 g/mol. The van der Waals surface area contributed by atoms with E-state index in [0.717, 1.165) is 11.3 Å². The minimum Gasteiger partial charge on any atom is -0.377 e. The van der Waals surface area contributed by atoms with Gasteiger partial charge in [0.2, 0.25) is 0 Å². The van der Waals surface area contributed by atoms with E-state index in [1.807, 2.05) is 48.5 Å². The fraction of sp³-hybridized carbons (Fsp3) is 0.389. The Kier molecular flexibility index (Phi) is 7.16. The zero-order chi connectivity index (χ0) is 16.5. The summed E-state index contributed by atoms with van der Waals surface area (Å²) in [5, 5.41) is 0. The Morgan fingerprint density at radius 3 is 2.35 bits per heavy atom. The molecule has 2 rings (SSSR count). The van der Waals surface area contributed by atoms with Crippen molar-refractivity contribution in [1.82, 2.24) is 4.98 Å². The maximum atomic E-state index is 6.32. The molecule has 5 nitrogen and oxygen atoms in total. The zero-order valence-corrected chi connectivity index (χ0v) is 13.6. The van der Waals surface area contributed by atoms with Crippen LogP contribution in [0.2, 0.25) is 0 Å². The molecule has 3 unspecified atom stereocenters. The Hall–Kier alpha value is -1.79. The van der Waals surface area contributed by atoms with Crippen molar-refractivity contribution in [2.75, 3.05) is 20.8 Å². The van der Waals surface area contributed by atoms with Crippen LogP contribution in [0.1, 0.15) is 17.4 Å². The molecule has 1 aromatic carbocycles. The molecular formula is C18H24N2O3. The van der Waals surface area contributed by atoms with Gasteiger partial charge in [0.1, 0.15) is 6.10 Å². The molecule has 5 heteroatoms. The maximum absolute atomic E-state index is 6.32. The highest BCUT2D eigenvalue weighted by Gasteiger charge is 2.28. The van der Waals surface area contributed by atoms with Crippen molar-refractivity contribution < 1.29 is 14.2 Å². The van der Waals surface area contributed by atoms with Gasteiger partial charge in [-0.15, -0.1) is 0 Å². The average Bonchev–Trinajstić information content (AvgIpc) is 2.61. The molecule has 1 aromatic heterocycles. The first-order valence-corrected chi connectivity index (χ1v) is 7.60. The average molecular weight is 316 g/mol. The summed E-state index contributed by atoms with van der Waals surface area (Å²) in [5.74, 6) is 0. The number of hydrogen-bond donors (Lipinski definition) is 1. The lowest BCUT2D eigenvalue weighted by Crippen LogP contribution is -2.44. The molecule has 0 bridgehead atoms. The van der Waals surface area contributed by atoms with E-state index in [9.17, 15) is 0 Å². The molecule has 1 heterocycles. The van der Waals surface area contributed by atoms with Crippen LogP contribution in [-0.4, -0.2) is 38.0 Å². The number of hydrogen-bond acceptors (Lipinski definition) is 5. The van der Waals surface area contributed by atoms with Gasteiger partial charge in [0.05, 0.1) is 31.1 Å². The lowest BCUT2D eigenvalue weighted by atomic mass is 10.0. The minimum absolute atomic E-state index is 0.286. The monoisotopic (exact) mass is 316 g/mol. The van der Waals surface area contributed by atoms with Gasteiger partial charge in [-0.25, -0.2) is 0 Å². The number of nitrogens with zero attached hydrogens (tertiary/aromatic N) is 1. The van der Waals surface area contributed by atoms with Crippen LogP contribution in [0.15, 0.2) is 54.7 Å². The predicted molar refractivity (Wildman–Crippen MR) is 88.9 cm³/mol. The van der Waals surface area contributed by atoms with E-state index in [1.165, 1.54) is 0 Å². The molecule has 0 aliphatic heterocycles. The van der Waals surface area contributed by atoms with E-state index in [1.54, 1.807) is 20.4 Å². The van der Waals surface area contributed by atoms with Gasteiger partial charge in [-0.1, -0.05) is 36.4 Å². The first-order valence-electron chi connectivity index (χ1n) is 7.60.